The van der Waals surface area contributed by atoms with Crippen molar-refractivity contribution in [2.75, 3.05) is 20.3 Å². The molecule has 1 amide bonds. The average molecular weight is 332 g/mol. The summed E-state index contributed by atoms with van der Waals surface area (Å²) in [4.78, 5) is 17.1. The molecule has 0 radical (unpaired) electrons. The Balaban J connectivity index is 1.51. The fourth-order valence-electron chi connectivity index (χ4n) is 3.85. The Bertz CT molecular complexity index is 745. The molecule has 0 bridgehead atoms. The van der Waals surface area contributed by atoms with E-state index in [0.717, 1.165) is 28.3 Å². The van der Waals surface area contributed by atoms with Gasteiger partial charge in [0, 0.05) is 37.2 Å². The molecule has 5 nitrogen and oxygen atoms in total. The number of nitrogens with one attached hydrogen (secondary N) is 1. The minimum atomic E-state index is -0.0333. The van der Waals surface area contributed by atoms with Crippen LogP contribution in [0.2, 0.25) is 0 Å². The lowest BCUT2D eigenvalue weighted by atomic mass is 9.67. The van der Waals surface area contributed by atoms with Crippen LogP contribution in [0, 0.1) is 18.8 Å². The number of fused-ring (bicyclic) bond motifs is 2. The Hall–Kier alpha value is -1.50. The molecular formula is C17H20N2O3S. The van der Waals surface area contributed by atoms with E-state index in [1.54, 1.807) is 18.4 Å². The fraction of sp³-hybridized carbons (Fsp3) is 0.529. The minimum absolute atomic E-state index is 0.0333. The van der Waals surface area contributed by atoms with Gasteiger partial charge in [-0.05, 0) is 31.5 Å². The van der Waals surface area contributed by atoms with Gasteiger partial charge in [-0.3, -0.25) is 4.79 Å². The molecule has 1 aliphatic heterocycles. The number of benzene rings is 1. The SMILES string of the molecule is COC[C@H]1[C@@H](NC(=O)c2ccc3sc(C)nc3c2)[C@H]2CCO[C@H]21. The molecule has 6 heteroatoms. The Morgan fingerprint density at radius 2 is 2.39 bits per heavy atom. The van der Waals surface area contributed by atoms with E-state index in [0.29, 0.717) is 18.1 Å². The number of nitrogens with zero attached hydrogens (tertiary/aromatic N) is 1. The summed E-state index contributed by atoms with van der Waals surface area (Å²) in [6.45, 7) is 3.39. The van der Waals surface area contributed by atoms with Crippen LogP contribution < -0.4 is 5.32 Å². The highest BCUT2D eigenvalue weighted by Gasteiger charge is 2.54. The number of aromatic nitrogens is 1. The number of aryl methyl sites for hydroxylation is 1. The van der Waals surface area contributed by atoms with Gasteiger partial charge in [-0.25, -0.2) is 4.98 Å². The van der Waals surface area contributed by atoms with Gasteiger partial charge in [0.25, 0.3) is 5.91 Å². The van der Waals surface area contributed by atoms with Gasteiger partial charge < -0.3 is 14.8 Å². The van der Waals surface area contributed by atoms with E-state index in [1.807, 2.05) is 25.1 Å². The first-order chi connectivity index (χ1) is 11.2. The number of thiazole rings is 1. The molecule has 2 aliphatic rings. The molecule has 1 aromatic carbocycles. The van der Waals surface area contributed by atoms with E-state index in [9.17, 15) is 4.79 Å². The summed E-state index contributed by atoms with van der Waals surface area (Å²) in [7, 11) is 1.69. The largest absolute Gasteiger partial charge is 0.384 e. The molecule has 1 N–H and O–H groups in total. The summed E-state index contributed by atoms with van der Waals surface area (Å²) in [6, 6.07) is 5.87. The smallest absolute Gasteiger partial charge is 0.251 e. The van der Waals surface area contributed by atoms with E-state index >= 15 is 0 Å². The first-order valence-electron chi connectivity index (χ1n) is 7.96. The first-order valence-corrected chi connectivity index (χ1v) is 8.77. The summed E-state index contributed by atoms with van der Waals surface area (Å²) in [5, 5.41) is 4.20. The number of carbonyl (C=O) groups is 1. The summed E-state index contributed by atoms with van der Waals surface area (Å²) < 4.78 is 12.2. The molecule has 122 valence electrons. The third-order valence-corrected chi connectivity index (χ3v) is 5.89. The number of carbonyl (C=O) groups excluding carboxylic acids is 1. The van der Waals surface area contributed by atoms with Crippen molar-refractivity contribution in [2.24, 2.45) is 11.8 Å². The molecular weight excluding hydrogens is 312 g/mol. The van der Waals surface area contributed by atoms with Crippen molar-refractivity contribution in [3.63, 3.8) is 0 Å². The number of hydrogen-bond acceptors (Lipinski definition) is 5. The van der Waals surface area contributed by atoms with Crippen LogP contribution in [0.1, 0.15) is 21.8 Å². The quantitative estimate of drug-likeness (QED) is 0.934. The molecule has 2 aromatic rings. The lowest BCUT2D eigenvalue weighted by Crippen LogP contribution is -2.62. The van der Waals surface area contributed by atoms with Gasteiger partial charge in [0.15, 0.2) is 0 Å². The highest BCUT2D eigenvalue weighted by Crippen LogP contribution is 2.43. The van der Waals surface area contributed by atoms with Crippen molar-refractivity contribution in [1.82, 2.24) is 10.3 Å². The first kappa shape index (κ1) is 15.1. The van der Waals surface area contributed by atoms with Gasteiger partial charge in [-0.1, -0.05) is 0 Å². The fourth-order valence-corrected chi connectivity index (χ4v) is 4.66. The third kappa shape index (κ3) is 2.55. The zero-order chi connectivity index (χ0) is 16.0. The molecule has 1 aromatic heterocycles. The van der Waals surface area contributed by atoms with Crippen molar-refractivity contribution >= 4 is 27.5 Å². The molecule has 23 heavy (non-hydrogen) atoms. The second kappa shape index (κ2) is 5.85. The van der Waals surface area contributed by atoms with Crippen LogP contribution in [-0.2, 0) is 9.47 Å². The van der Waals surface area contributed by atoms with E-state index in [4.69, 9.17) is 9.47 Å². The zero-order valence-corrected chi connectivity index (χ0v) is 14.1. The van der Waals surface area contributed by atoms with Crippen LogP contribution in [-0.4, -0.2) is 43.4 Å². The predicted octanol–water partition coefficient (Wildman–Crippen LogP) is 2.38. The summed E-state index contributed by atoms with van der Waals surface area (Å²) in [6.07, 6.45) is 1.25. The highest BCUT2D eigenvalue weighted by molar-refractivity contribution is 7.18. The Labute approximate surface area is 139 Å². The van der Waals surface area contributed by atoms with Gasteiger partial charge in [0.1, 0.15) is 0 Å². The highest BCUT2D eigenvalue weighted by atomic mass is 32.1. The van der Waals surface area contributed by atoms with E-state index in [-0.39, 0.29) is 24.0 Å². The number of ether oxygens (including phenoxy) is 2. The average Bonchev–Trinajstić information content (AvgIpc) is 3.12. The molecule has 2 fully saturated rings. The van der Waals surface area contributed by atoms with Crippen LogP contribution in [0.15, 0.2) is 18.2 Å². The maximum Gasteiger partial charge on any atom is 0.251 e. The van der Waals surface area contributed by atoms with Gasteiger partial charge >= 0.3 is 0 Å². The number of amides is 1. The van der Waals surface area contributed by atoms with Crippen LogP contribution in [0.25, 0.3) is 10.2 Å². The normalized spacial score (nSPS) is 29.3. The standard InChI is InChI=1S/C17H20N2O3S/c1-9-18-13-7-10(3-4-14(13)23-9)17(20)19-15-11-5-6-22-16(11)12(15)8-21-2/h3-4,7,11-12,15-16H,5-6,8H2,1-2H3,(H,19,20)/t11-,12+,15+,16-/m1/s1. The predicted molar refractivity (Wildman–Crippen MR) is 88.8 cm³/mol. The Morgan fingerprint density at radius 1 is 1.52 bits per heavy atom. The Morgan fingerprint density at radius 3 is 3.22 bits per heavy atom. The van der Waals surface area contributed by atoms with Crippen molar-refractivity contribution in [3.8, 4) is 0 Å². The second-order valence-corrected chi connectivity index (χ2v) is 7.56. The minimum Gasteiger partial charge on any atom is -0.384 e. The van der Waals surface area contributed by atoms with Gasteiger partial charge in [-0.15, -0.1) is 11.3 Å². The molecule has 0 spiro atoms. The van der Waals surface area contributed by atoms with E-state index in [1.165, 1.54) is 0 Å². The van der Waals surface area contributed by atoms with Crippen molar-refractivity contribution in [3.05, 3.63) is 28.8 Å². The monoisotopic (exact) mass is 332 g/mol. The molecule has 4 rings (SSSR count). The molecule has 2 heterocycles. The summed E-state index contributed by atoms with van der Waals surface area (Å²) in [5.41, 5.74) is 1.56. The molecule has 1 saturated heterocycles. The summed E-state index contributed by atoms with van der Waals surface area (Å²) >= 11 is 1.65. The maximum absolute atomic E-state index is 12.6. The van der Waals surface area contributed by atoms with Gasteiger partial charge in [-0.2, -0.15) is 0 Å². The lowest BCUT2D eigenvalue weighted by Gasteiger charge is -2.47. The number of hydrogen-bond donors (Lipinski definition) is 1. The van der Waals surface area contributed by atoms with E-state index in [2.05, 4.69) is 10.3 Å². The van der Waals surface area contributed by atoms with Crippen LogP contribution >= 0.6 is 11.3 Å². The molecule has 0 unspecified atom stereocenters. The topological polar surface area (TPSA) is 60.5 Å². The van der Waals surface area contributed by atoms with Gasteiger partial charge in [0.05, 0.1) is 27.9 Å². The Kier molecular flexibility index (Phi) is 3.83. The number of rotatable bonds is 4. The number of methoxy groups -OCH3 is 1. The summed E-state index contributed by atoms with van der Waals surface area (Å²) in [5.74, 6) is 0.639. The molecule has 4 atom stereocenters. The third-order valence-electron chi connectivity index (χ3n) is 4.94. The van der Waals surface area contributed by atoms with Crippen molar-refractivity contribution < 1.29 is 14.3 Å². The maximum atomic E-state index is 12.6. The van der Waals surface area contributed by atoms with Crippen molar-refractivity contribution in [1.29, 1.82) is 0 Å². The lowest BCUT2D eigenvalue weighted by molar-refractivity contribution is -0.0809. The van der Waals surface area contributed by atoms with Crippen molar-refractivity contribution in [2.45, 2.75) is 25.5 Å². The zero-order valence-electron chi connectivity index (χ0n) is 13.2. The molecule has 1 saturated carbocycles. The van der Waals surface area contributed by atoms with Gasteiger partial charge in [0.2, 0.25) is 0 Å². The second-order valence-electron chi connectivity index (χ2n) is 6.32. The van der Waals surface area contributed by atoms with E-state index < -0.39 is 0 Å². The van der Waals surface area contributed by atoms with Crippen LogP contribution in [0.5, 0.6) is 0 Å². The molecule has 1 aliphatic carbocycles. The van der Waals surface area contributed by atoms with Crippen LogP contribution in [0.3, 0.4) is 0 Å². The van der Waals surface area contributed by atoms with Crippen LogP contribution in [0.4, 0.5) is 0 Å².